The molecule has 10 heavy (non-hydrogen) atoms. The van der Waals surface area contributed by atoms with E-state index in [9.17, 15) is 8.78 Å². The molecule has 0 amide bonds. The number of rotatable bonds is 1. The van der Waals surface area contributed by atoms with Crippen LogP contribution in [0.25, 0.3) is 5.95 Å². The molecule has 0 aliphatic heterocycles. The molecule has 1 heterocycles. The standard InChI is InChI=1S/C5H3ClF2N2/c6-4(7)5(8)10-2-1-9-3-10/h1-3H/b5-4-. The van der Waals surface area contributed by atoms with Gasteiger partial charge in [0.25, 0.3) is 0 Å². The summed E-state index contributed by atoms with van der Waals surface area (Å²) in [5.74, 6) is -1.15. The Morgan fingerprint density at radius 3 is 2.60 bits per heavy atom. The molecule has 1 aromatic rings. The Labute approximate surface area is 60.7 Å². The van der Waals surface area contributed by atoms with Gasteiger partial charge in [-0.15, -0.1) is 0 Å². The van der Waals surface area contributed by atoms with Gasteiger partial charge in [-0.05, 0) is 11.6 Å². The normalized spacial score (nSPS) is 13.1. The van der Waals surface area contributed by atoms with E-state index in [1.165, 1.54) is 12.4 Å². The van der Waals surface area contributed by atoms with Crippen LogP contribution in [-0.2, 0) is 0 Å². The highest BCUT2D eigenvalue weighted by atomic mass is 35.5. The van der Waals surface area contributed by atoms with Crippen LogP contribution in [0.15, 0.2) is 24.0 Å². The molecule has 0 aliphatic rings. The molecule has 1 rings (SSSR count). The topological polar surface area (TPSA) is 17.8 Å². The number of hydrogen-bond acceptors (Lipinski definition) is 1. The maximum absolute atomic E-state index is 12.4. The van der Waals surface area contributed by atoms with Gasteiger partial charge in [0.05, 0.1) is 0 Å². The second-order valence-electron chi connectivity index (χ2n) is 1.52. The Balaban J connectivity index is 2.99. The van der Waals surface area contributed by atoms with Gasteiger partial charge in [-0.25, -0.2) is 4.98 Å². The zero-order chi connectivity index (χ0) is 7.56. The Morgan fingerprint density at radius 2 is 2.20 bits per heavy atom. The summed E-state index contributed by atoms with van der Waals surface area (Å²) >= 11 is 4.71. The van der Waals surface area contributed by atoms with Crippen molar-refractivity contribution in [3.05, 3.63) is 24.0 Å². The van der Waals surface area contributed by atoms with E-state index in [1.54, 1.807) is 0 Å². The van der Waals surface area contributed by atoms with Crippen molar-refractivity contribution >= 4 is 17.6 Å². The maximum Gasteiger partial charge on any atom is 0.247 e. The molecule has 0 bridgehead atoms. The van der Waals surface area contributed by atoms with Crippen LogP contribution in [-0.4, -0.2) is 9.55 Å². The minimum absolute atomic E-state index is 0.836. The molecule has 0 radical (unpaired) electrons. The maximum atomic E-state index is 12.4. The SMILES string of the molecule is F/C(Cl)=C(/F)n1ccnc1. The summed E-state index contributed by atoms with van der Waals surface area (Å²) in [6.45, 7) is 0. The molecule has 0 aromatic carbocycles. The van der Waals surface area contributed by atoms with Gasteiger partial charge in [0, 0.05) is 12.4 Å². The van der Waals surface area contributed by atoms with Crippen LogP contribution in [0.4, 0.5) is 8.78 Å². The zero-order valence-electron chi connectivity index (χ0n) is 4.76. The van der Waals surface area contributed by atoms with E-state index in [1.807, 2.05) is 0 Å². The van der Waals surface area contributed by atoms with Crippen LogP contribution in [0, 0.1) is 0 Å². The van der Waals surface area contributed by atoms with Crippen LogP contribution >= 0.6 is 11.6 Å². The number of hydrogen-bond donors (Lipinski definition) is 0. The molecule has 0 spiro atoms. The summed E-state index contributed by atoms with van der Waals surface area (Å²) < 4.78 is 25.1. The van der Waals surface area contributed by atoms with E-state index in [-0.39, 0.29) is 0 Å². The number of nitrogens with zero attached hydrogens (tertiary/aromatic N) is 2. The van der Waals surface area contributed by atoms with Crippen LogP contribution in [0.2, 0.25) is 0 Å². The minimum Gasteiger partial charge on any atom is -0.279 e. The lowest BCUT2D eigenvalue weighted by molar-refractivity contribution is 0.613. The van der Waals surface area contributed by atoms with Gasteiger partial charge in [0.1, 0.15) is 6.33 Å². The highest BCUT2D eigenvalue weighted by molar-refractivity contribution is 6.30. The van der Waals surface area contributed by atoms with Gasteiger partial charge < -0.3 is 0 Å². The molecule has 0 fully saturated rings. The molecular weight excluding hydrogens is 162 g/mol. The van der Waals surface area contributed by atoms with Crippen LogP contribution < -0.4 is 0 Å². The molecule has 5 heteroatoms. The van der Waals surface area contributed by atoms with E-state index in [4.69, 9.17) is 11.6 Å². The molecule has 0 N–H and O–H groups in total. The lowest BCUT2D eigenvalue weighted by Crippen LogP contribution is -1.87. The first-order valence-electron chi connectivity index (χ1n) is 2.41. The van der Waals surface area contributed by atoms with Crippen molar-refractivity contribution in [1.82, 2.24) is 9.55 Å². The summed E-state index contributed by atoms with van der Waals surface area (Å²) in [7, 11) is 0. The number of imidazole rings is 1. The fourth-order valence-electron chi connectivity index (χ4n) is 0.473. The Hall–Kier alpha value is -0.900. The van der Waals surface area contributed by atoms with E-state index in [0.717, 1.165) is 10.9 Å². The van der Waals surface area contributed by atoms with Crippen LogP contribution in [0.1, 0.15) is 0 Å². The van der Waals surface area contributed by atoms with Crippen molar-refractivity contribution in [2.75, 3.05) is 0 Å². The largest absolute Gasteiger partial charge is 0.279 e. The van der Waals surface area contributed by atoms with E-state index in [2.05, 4.69) is 4.98 Å². The summed E-state index contributed by atoms with van der Waals surface area (Å²) in [4.78, 5) is 3.49. The lowest BCUT2D eigenvalue weighted by atomic mass is 10.8. The molecule has 1 aromatic heterocycles. The average molecular weight is 165 g/mol. The highest BCUT2D eigenvalue weighted by Crippen LogP contribution is 2.16. The van der Waals surface area contributed by atoms with E-state index < -0.39 is 11.2 Å². The van der Waals surface area contributed by atoms with Gasteiger partial charge in [0.2, 0.25) is 11.2 Å². The third-order valence-corrected chi connectivity index (χ3v) is 1.04. The fraction of sp³-hybridized carbons (Fsp3) is 0. The Kier molecular flexibility index (Phi) is 2.01. The van der Waals surface area contributed by atoms with Gasteiger partial charge >= 0.3 is 0 Å². The second kappa shape index (κ2) is 2.79. The van der Waals surface area contributed by atoms with Gasteiger partial charge in [-0.1, -0.05) is 0 Å². The predicted octanol–water partition coefficient (Wildman–Crippen LogP) is 2.14. The second-order valence-corrected chi connectivity index (χ2v) is 1.85. The number of halogens is 3. The first-order valence-corrected chi connectivity index (χ1v) is 2.78. The summed E-state index contributed by atoms with van der Waals surface area (Å²) in [6, 6.07) is 0. The number of aromatic nitrogens is 2. The predicted molar refractivity (Wildman–Crippen MR) is 33.5 cm³/mol. The van der Waals surface area contributed by atoms with Crippen molar-refractivity contribution < 1.29 is 8.78 Å². The smallest absolute Gasteiger partial charge is 0.247 e. The molecule has 2 nitrogen and oxygen atoms in total. The van der Waals surface area contributed by atoms with Crippen LogP contribution in [0.3, 0.4) is 0 Å². The third kappa shape index (κ3) is 1.33. The van der Waals surface area contributed by atoms with Crippen molar-refractivity contribution in [1.29, 1.82) is 0 Å². The summed E-state index contributed by atoms with van der Waals surface area (Å²) in [6.07, 6.45) is 3.67. The first kappa shape index (κ1) is 7.21. The molecule has 0 saturated carbocycles. The molecule has 54 valence electrons. The van der Waals surface area contributed by atoms with Crippen molar-refractivity contribution in [2.45, 2.75) is 0 Å². The average Bonchev–Trinajstić information content (AvgIpc) is 2.36. The fourth-order valence-corrected chi connectivity index (χ4v) is 0.570. The van der Waals surface area contributed by atoms with Crippen LogP contribution in [0.5, 0.6) is 0 Å². The summed E-state index contributed by atoms with van der Waals surface area (Å²) in [5.41, 5.74) is 0. The van der Waals surface area contributed by atoms with Crippen molar-refractivity contribution in [3.8, 4) is 0 Å². The van der Waals surface area contributed by atoms with Gasteiger partial charge in [-0.3, -0.25) is 4.57 Å². The molecule has 0 atom stereocenters. The van der Waals surface area contributed by atoms with E-state index >= 15 is 0 Å². The Morgan fingerprint density at radius 1 is 1.50 bits per heavy atom. The lowest BCUT2D eigenvalue weighted by Gasteiger charge is -1.93. The molecular formula is C5H3ClF2N2. The monoisotopic (exact) mass is 164 g/mol. The molecule has 0 unspecified atom stereocenters. The molecule has 0 saturated heterocycles. The third-order valence-electron chi connectivity index (χ3n) is 0.887. The first-order chi connectivity index (χ1) is 4.72. The minimum atomic E-state index is -1.38. The summed E-state index contributed by atoms with van der Waals surface area (Å²) in [5, 5.41) is -1.38. The van der Waals surface area contributed by atoms with Crippen molar-refractivity contribution in [2.24, 2.45) is 0 Å². The zero-order valence-corrected chi connectivity index (χ0v) is 5.52. The Bertz CT molecular complexity index is 238. The van der Waals surface area contributed by atoms with Crippen molar-refractivity contribution in [3.63, 3.8) is 0 Å². The van der Waals surface area contributed by atoms with Gasteiger partial charge in [0.15, 0.2) is 0 Å². The van der Waals surface area contributed by atoms with E-state index in [0.29, 0.717) is 0 Å². The highest BCUT2D eigenvalue weighted by Gasteiger charge is 2.03. The van der Waals surface area contributed by atoms with Gasteiger partial charge in [-0.2, -0.15) is 8.78 Å². The molecule has 0 aliphatic carbocycles. The quantitative estimate of drug-likeness (QED) is 0.622.